The molecule has 0 bridgehead atoms. The molecule has 0 saturated heterocycles. The number of H-pyrrole nitrogens is 1. The highest BCUT2D eigenvalue weighted by Gasteiger charge is 2.12. The van der Waals surface area contributed by atoms with Crippen LogP contribution < -0.4 is 10.2 Å². The molecule has 2 aromatic heterocycles. The topological polar surface area (TPSA) is 113 Å². The molecular weight excluding hydrogens is 312 g/mol. The van der Waals surface area contributed by atoms with Crippen molar-refractivity contribution in [2.45, 2.75) is 0 Å². The molecule has 0 saturated carbocycles. The van der Waals surface area contributed by atoms with Crippen LogP contribution in [0.1, 0.15) is 16.1 Å². The zero-order chi connectivity index (χ0) is 16.9. The SMILES string of the molecule is COc1cc(/C=N/NC(=O)c2cc(-c3ccco3)[nH]n2)ccc1O. The summed E-state index contributed by atoms with van der Waals surface area (Å²) in [6, 6.07) is 9.77. The molecule has 3 rings (SSSR count). The van der Waals surface area contributed by atoms with Gasteiger partial charge in [0.2, 0.25) is 0 Å². The van der Waals surface area contributed by atoms with Crippen LogP contribution in [-0.4, -0.2) is 34.5 Å². The third kappa shape index (κ3) is 3.27. The van der Waals surface area contributed by atoms with Crippen LogP contribution in [0, 0.1) is 0 Å². The Labute approximate surface area is 136 Å². The first kappa shape index (κ1) is 15.3. The van der Waals surface area contributed by atoms with Crippen LogP contribution in [0.4, 0.5) is 0 Å². The standard InChI is InChI=1S/C16H14N4O4/c1-23-15-7-10(4-5-13(15)21)9-17-20-16(22)12-8-11(18-19-12)14-3-2-6-24-14/h2-9,21H,1H3,(H,18,19)(H,20,22)/b17-9+. The van der Waals surface area contributed by atoms with Crippen molar-refractivity contribution in [3.8, 4) is 23.0 Å². The molecule has 122 valence electrons. The van der Waals surface area contributed by atoms with E-state index in [0.717, 1.165) is 0 Å². The minimum absolute atomic E-state index is 0.0284. The molecule has 0 aliphatic rings. The molecule has 1 aromatic carbocycles. The zero-order valence-corrected chi connectivity index (χ0v) is 12.7. The number of nitrogens with zero attached hydrogens (tertiary/aromatic N) is 2. The Morgan fingerprint density at radius 1 is 1.42 bits per heavy atom. The summed E-state index contributed by atoms with van der Waals surface area (Å²) in [6.45, 7) is 0. The van der Waals surface area contributed by atoms with E-state index in [1.54, 1.807) is 30.3 Å². The second-order valence-corrected chi connectivity index (χ2v) is 4.77. The number of phenols is 1. The number of carbonyl (C=O) groups is 1. The van der Waals surface area contributed by atoms with E-state index < -0.39 is 5.91 Å². The van der Waals surface area contributed by atoms with E-state index >= 15 is 0 Å². The van der Waals surface area contributed by atoms with Gasteiger partial charge in [-0.25, -0.2) is 5.43 Å². The highest BCUT2D eigenvalue weighted by Crippen LogP contribution is 2.25. The predicted molar refractivity (Wildman–Crippen MR) is 86.0 cm³/mol. The number of amides is 1. The molecule has 0 atom stereocenters. The molecule has 0 fully saturated rings. The average Bonchev–Trinajstić information content (AvgIpc) is 3.27. The Balaban J connectivity index is 1.65. The molecule has 0 radical (unpaired) electrons. The predicted octanol–water partition coefficient (Wildman–Crippen LogP) is 2.15. The molecule has 1 amide bonds. The van der Waals surface area contributed by atoms with Crippen molar-refractivity contribution in [3.63, 3.8) is 0 Å². The number of hydrogen-bond acceptors (Lipinski definition) is 6. The van der Waals surface area contributed by atoms with E-state index in [2.05, 4.69) is 20.7 Å². The number of rotatable bonds is 5. The van der Waals surface area contributed by atoms with Crippen molar-refractivity contribution in [1.29, 1.82) is 0 Å². The Morgan fingerprint density at radius 2 is 2.29 bits per heavy atom. The Bertz CT molecular complexity index is 868. The van der Waals surface area contributed by atoms with Crippen LogP contribution >= 0.6 is 0 Å². The van der Waals surface area contributed by atoms with Crippen LogP contribution in [0.15, 0.2) is 52.2 Å². The van der Waals surface area contributed by atoms with Crippen LogP contribution in [-0.2, 0) is 0 Å². The van der Waals surface area contributed by atoms with E-state index in [-0.39, 0.29) is 11.4 Å². The number of methoxy groups -OCH3 is 1. The molecule has 8 nitrogen and oxygen atoms in total. The van der Waals surface area contributed by atoms with Crippen molar-refractivity contribution >= 4 is 12.1 Å². The van der Waals surface area contributed by atoms with E-state index in [9.17, 15) is 9.90 Å². The second kappa shape index (κ2) is 6.69. The van der Waals surface area contributed by atoms with Crippen molar-refractivity contribution < 1.29 is 19.1 Å². The highest BCUT2D eigenvalue weighted by atomic mass is 16.5. The van der Waals surface area contributed by atoms with Crippen LogP contribution in [0.3, 0.4) is 0 Å². The van der Waals surface area contributed by atoms with Crippen LogP contribution in [0.2, 0.25) is 0 Å². The summed E-state index contributed by atoms with van der Waals surface area (Å²) in [7, 11) is 1.45. The van der Waals surface area contributed by atoms with Gasteiger partial charge in [0.15, 0.2) is 23.0 Å². The fraction of sp³-hybridized carbons (Fsp3) is 0.0625. The number of phenolic OH excluding ortho intramolecular Hbond substituents is 1. The molecule has 3 aromatic rings. The summed E-state index contributed by atoms with van der Waals surface area (Å²) in [5, 5.41) is 20.0. The third-order valence-corrected chi connectivity index (χ3v) is 3.18. The number of aromatic nitrogens is 2. The summed E-state index contributed by atoms with van der Waals surface area (Å²) in [6.07, 6.45) is 2.96. The first-order valence-electron chi connectivity index (χ1n) is 6.97. The molecular formula is C16H14N4O4. The first-order valence-corrected chi connectivity index (χ1v) is 6.97. The fourth-order valence-electron chi connectivity index (χ4n) is 1.99. The number of aromatic amines is 1. The Hall–Kier alpha value is -3.55. The number of benzene rings is 1. The van der Waals surface area contributed by atoms with Crippen molar-refractivity contribution in [2.75, 3.05) is 7.11 Å². The monoisotopic (exact) mass is 326 g/mol. The van der Waals surface area contributed by atoms with Gasteiger partial charge in [-0.1, -0.05) is 0 Å². The van der Waals surface area contributed by atoms with Crippen molar-refractivity contribution in [2.24, 2.45) is 5.10 Å². The Kier molecular flexibility index (Phi) is 4.28. The van der Waals surface area contributed by atoms with Gasteiger partial charge in [0, 0.05) is 6.07 Å². The van der Waals surface area contributed by atoms with Gasteiger partial charge in [-0.2, -0.15) is 10.2 Å². The van der Waals surface area contributed by atoms with Gasteiger partial charge >= 0.3 is 0 Å². The summed E-state index contributed by atoms with van der Waals surface area (Å²) in [4.78, 5) is 12.0. The minimum Gasteiger partial charge on any atom is -0.504 e. The number of ether oxygens (including phenoxy) is 1. The Morgan fingerprint density at radius 3 is 3.04 bits per heavy atom. The summed E-state index contributed by atoms with van der Waals surface area (Å²) in [5.74, 6) is 0.466. The number of hydrazone groups is 1. The van der Waals surface area contributed by atoms with Crippen molar-refractivity contribution in [3.05, 3.63) is 53.9 Å². The molecule has 0 spiro atoms. The minimum atomic E-state index is -0.467. The fourth-order valence-corrected chi connectivity index (χ4v) is 1.99. The van der Waals surface area contributed by atoms with Gasteiger partial charge in [0.05, 0.1) is 19.6 Å². The molecule has 0 aliphatic heterocycles. The number of aromatic hydroxyl groups is 1. The summed E-state index contributed by atoms with van der Waals surface area (Å²) < 4.78 is 10.2. The van der Waals surface area contributed by atoms with Crippen LogP contribution in [0.25, 0.3) is 11.5 Å². The maximum Gasteiger partial charge on any atom is 0.291 e. The zero-order valence-electron chi connectivity index (χ0n) is 12.7. The first-order chi connectivity index (χ1) is 11.7. The lowest BCUT2D eigenvalue weighted by molar-refractivity contribution is 0.0950. The van der Waals surface area contributed by atoms with Gasteiger partial charge in [0.25, 0.3) is 5.91 Å². The smallest absolute Gasteiger partial charge is 0.291 e. The largest absolute Gasteiger partial charge is 0.504 e. The van der Waals surface area contributed by atoms with E-state index in [4.69, 9.17) is 9.15 Å². The molecule has 0 unspecified atom stereocenters. The van der Waals surface area contributed by atoms with Gasteiger partial charge in [0.1, 0.15) is 5.69 Å². The quantitative estimate of drug-likeness (QED) is 0.491. The van der Waals surface area contributed by atoms with Gasteiger partial charge < -0.3 is 14.3 Å². The highest BCUT2D eigenvalue weighted by molar-refractivity contribution is 5.94. The van der Waals surface area contributed by atoms with E-state index in [1.807, 2.05) is 0 Å². The molecule has 3 N–H and O–H groups in total. The number of furan rings is 1. The third-order valence-electron chi connectivity index (χ3n) is 3.18. The molecule has 0 aliphatic carbocycles. The number of hydrogen-bond donors (Lipinski definition) is 3. The van der Waals surface area contributed by atoms with Crippen LogP contribution in [0.5, 0.6) is 11.5 Å². The maximum atomic E-state index is 12.0. The maximum absolute atomic E-state index is 12.0. The van der Waals surface area contributed by atoms with Gasteiger partial charge in [-0.05, 0) is 35.9 Å². The van der Waals surface area contributed by atoms with Crippen molar-refractivity contribution in [1.82, 2.24) is 15.6 Å². The van der Waals surface area contributed by atoms with E-state index in [1.165, 1.54) is 25.7 Å². The second-order valence-electron chi connectivity index (χ2n) is 4.77. The number of nitrogens with one attached hydrogen (secondary N) is 2. The van der Waals surface area contributed by atoms with Gasteiger partial charge in [-0.3, -0.25) is 9.89 Å². The number of carbonyl (C=O) groups excluding carboxylic acids is 1. The normalized spacial score (nSPS) is 10.9. The lowest BCUT2D eigenvalue weighted by Gasteiger charge is -2.03. The molecule has 8 heteroatoms. The summed E-state index contributed by atoms with van der Waals surface area (Å²) in [5.41, 5.74) is 3.81. The molecule has 24 heavy (non-hydrogen) atoms. The lowest BCUT2D eigenvalue weighted by Crippen LogP contribution is -2.18. The lowest BCUT2D eigenvalue weighted by atomic mass is 10.2. The molecule has 2 heterocycles. The van der Waals surface area contributed by atoms with Gasteiger partial charge in [-0.15, -0.1) is 0 Å². The van der Waals surface area contributed by atoms with E-state index in [0.29, 0.717) is 22.8 Å². The average molecular weight is 326 g/mol. The summed E-state index contributed by atoms with van der Waals surface area (Å²) >= 11 is 0.